The highest BCUT2D eigenvalue weighted by atomic mass is 31.2. The number of methoxy groups -OCH3 is 2. The van der Waals surface area contributed by atoms with Gasteiger partial charge >= 0.3 is 5.69 Å². The standard InChI is InChI=1S/C38H48N3O8P/c1-25(2)41(26(3)4)50(46-8)49-33-22-35(40-23-27(5)36(42)39-37(40)43)48-34(33)24-47-38(28-12-10-9-11-13-28,29-14-18-31(44-6)19-15-29)30-16-20-32(45-7)21-17-30/h9-21,23,25-26,33-35H,22,24H2,1-8H3,(H,39,42,43)/t33-,34-,35-,50?/m1/s1. The number of aromatic nitrogens is 2. The zero-order chi connectivity index (χ0) is 36.0. The van der Waals surface area contributed by atoms with Crippen LogP contribution in [0, 0.1) is 6.92 Å². The van der Waals surface area contributed by atoms with Crippen LogP contribution in [0.2, 0.25) is 0 Å². The highest BCUT2D eigenvalue weighted by Crippen LogP contribution is 2.50. The van der Waals surface area contributed by atoms with Crippen molar-refractivity contribution in [3.63, 3.8) is 0 Å². The summed E-state index contributed by atoms with van der Waals surface area (Å²) in [6, 6.07) is 26.0. The van der Waals surface area contributed by atoms with Crippen LogP contribution in [0.5, 0.6) is 11.5 Å². The van der Waals surface area contributed by atoms with E-state index in [-0.39, 0.29) is 18.7 Å². The van der Waals surface area contributed by atoms with Crippen LogP contribution in [0.15, 0.2) is 94.6 Å². The van der Waals surface area contributed by atoms with Gasteiger partial charge in [-0.05, 0) is 75.6 Å². The van der Waals surface area contributed by atoms with Gasteiger partial charge in [-0.25, -0.2) is 9.46 Å². The maximum atomic E-state index is 13.0. The lowest BCUT2D eigenvalue weighted by atomic mass is 9.80. The first-order valence-electron chi connectivity index (χ1n) is 16.8. The third-order valence-corrected chi connectivity index (χ3v) is 11.0. The zero-order valence-corrected chi connectivity index (χ0v) is 30.9. The molecule has 0 saturated carbocycles. The fourth-order valence-corrected chi connectivity index (χ4v) is 8.09. The lowest BCUT2D eigenvalue weighted by Crippen LogP contribution is -2.39. The number of hydrogen-bond donors (Lipinski definition) is 1. The van der Waals surface area contributed by atoms with Gasteiger partial charge < -0.3 is 28.0 Å². The van der Waals surface area contributed by atoms with Gasteiger partial charge in [0.05, 0.1) is 26.9 Å². The highest BCUT2D eigenvalue weighted by Gasteiger charge is 2.45. The van der Waals surface area contributed by atoms with Crippen LogP contribution < -0.4 is 20.7 Å². The SMILES string of the molecule is COc1ccc(C(OC[C@H]2O[C@@H](n3cc(C)c(=O)[nH]c3=O)C[C@H]2OP(OC)N(C(C)C)C(C)C)(c2ccccc2)c2ccc(OC)cc2)cc1. The maximum absolute atomic E-state index is 13.0. The average Bonchev–Trinajstić information content (AvgIpc) is 3.52. The predicted molar refractivity (Wildman–Crippen MR) is 194 cm³/mol. The predicted octanol–water partition coefficient (Wildman–Crippen LogP) is 6.54. The van der Waals surface area contributed by atoms with Crippen LogP contribution in [0.25, 0.3) is 0 Å². The largest absolute Gasteiger partial charge is 0.497 e. The van der Waals surface area contributed by atoms with Crippen LogP contribution in [0.3, 0.4) is 0 Å². The fourth-order valence-electron chi connectivity index (χ4n) is 6.49. The molecule has 0 aliphatic carbocycles. The van der Waals surface area contributed by atoms with Crippen molar-refractivity contribution < 1.29 is 28.0 Å². The zero-order valence-electron chi connectivity index (χ0n) is 30.0. The molecular formula is C38H48N3O8P. The molecule has 0 bridgehead atoms. The van der Waals surface area contributed by atoms with Gasteiger partial charge in [-0.1, -0.05) is 54.6 Å². The van der Waals surface area contributed by atoms with Crippen molar-refractivity contribution in [2.24, 2.45) is 0 Å². The Bertz CT molecular complexity index is 1740. The van der Waals surface area contributed by atoms with Crippen molar-refractivity contribution in [3.8, 4) is 11.5 Å². The molecule has 1 aliphatic rings. The number of nitrogens with zero attached hydrogens (tertiary/aromatic N) is 2. The summed E-state index contributed by atoms with van der Waals surface area (Å²) in [7, 11) is 3.41. The number of H-pyrrole nitrogens is 1. The van der Waals surface area contributed by atoms with Crippen molar-refractivity contribution in [2.75, 3.05) is 27.9 Å². The van der Waals surface area contributed by atoms with Crippen molar-refractivity contribution in [1.29, 1.82) is 0 Å². The second-order valence-corrected chi connectivity index (χ2v) is 14.3. The van der Waals surface area contributed by atoms with Crippen molar-refractivity contribution in [1.82, 2.24) is 14.2 Å². The molecular weight excluding hydrogens is 657 g/mol. The van der Waals surface area contributed by atoms with Crippen molar-refractivity contribution in [3.05, 3.63) is 128 Å². The smallest absolute Gasteiger partial charge is 0.330 e. The summed E-state index contributed by atoms with van der Waals surface area (Å²) in [6.45, 7) is 10.2. The Hall–Kier alpha value is -3.83. The number of rotatable bonds is 15. The number of hydrogen-bond acceptors (Lipinski definition) is 9. The van der Waals surface area contributed by atoms with E-state index in [1.807, 2.05) is 78.9 Å². The van der Waals surface area contributed by atoms with Gasteiger partial charge in [0.15, 0.2) is 0 Å². The van der Waals surface area contributed by atoms with E-state index in [2.05, 4.69) is 37.3 Å². The first-order valence-corrected chi connectivity index (χ1v) is 17.9. The third-order valence-electron chi connectivity index (χ3n) is 8.90. The van der Waals surface area contributed by atoms with Gasteiger partial charge in [0.25, 0.3) is 14.1 Å². The number of ether oxygens (including phenoxy) is 4. The molecule has 268 valence electrons. The van der Waals surface area contributed by atoms with E-state index in [9.17, 15) is 9.59 Å². The van der Waals surface area contributed by atoms with Crippen LogP contribution in [0.4, 0.5) is 0 Å². The van der Waals surface area contributed by atoms with Crippen LogP contribution in [-0.2, 0) is 24.1 Å². The molecule has 0 amide bonds. The monoisotopic (exact) mass is 705 g/mol. The van der Waals surface area contributed by atoms with E-state index in [0.29, 0.717) is 12.0 Å². The molecule has 2 heterocycles. The van der Waals surface area contributed by atoms with Crippen LogP contribution in [0.1, 0.15) is 62.6 Å². The molecule has 1 N–H and O–H groups in total. The molecule has 11 nitrogen and oxygen atoms in total. The number of aromatic amines is 1. The quantitative estimate of drug-likeness (QED) is 0.109. The third kappa shape index (κ3) is 7.89. The minimum Gasteiger partial charge on any atom is -0.497 e. The summed E-state index contributed by atoms with van der Waals surface area (Å²) in [6.07, 6.45) is -0.00636. The summed E-state index contributed by atoms with van der Waals surface area (Å²) in [5, 5.41) is 0. The lowest BCUT2D eigenvalue weighted by Gasteiger charge is -2.38. The van der Waals surface area contributed by atoms with Gasteiger partial charge in [-0.2, -0.15) is 0 Å². The minimum absolute atomic E-state index is 0.0848. The van der Waals surface area contributed by atoms with Crippen LogP contribution in [-0.4, -0.2) is 66.4 Å². The second kappa shape index (κ2) is 16.5. The van der Waals surface area contributed by atoms with Crippen LogP contribution >= 0.6 is 8.53 Å². The number of benzene rings is 3. The molecule has 1 aromatic heterocycles. The Kier molecular flexibility index (Phi) is 12.3. The average molecular weight is 706 g/mol. The van der Waals surface area contributed by atoms with Crippen molar-refractivity contribution in [2.45, 2.75) is 77.2 Å². The fraction of sp³-hybridized carbons (Fsp3) is 0.421. The summed E-state index contributed by atoms with van der Waals surface area (Å²) in [5.41, 5.74) is 0.970. The molecule has 4 aromatic rings. The Morgan fingerprint density at radius 2 is 1.40 bits per heavy atom. The van der Waals surface area contributed by atoms with E-state index in [4.69, 9.17) is 28.0 Å². The summed E-state index contributed by atoms with van der Waals surface area (Å²) >= 11 is 0. The van der Waals surface area contributed by atoms with E-state index in [0.717, 1.165) is 28.2 Å². The Morgan fingerprint density at radius 1 is 0.860 bits per heavy atom. The van der Waals surface area contributed by atoms with Gasteiger partial charge in [0.1, 0.15) is 29.4 Å². The summed E-state index contributed by atoms with van der Waals surface area (Å²) < 4.78 is 41.2. The van der Waals surface area contributed by atoms with E-state index >= 15 is 0 Å². The van der Waals surface area contributed by atoms with E-state index in [1.54, 1.807) is 28.3 Å². The van der Waals surface area contributed by atoms with E-state index in [1.165, 1.54) is 10.8 Å². The Labute approximate surface area is 295 Å². The molecule has 12 heteroatoms. The molecule has 1 fully saturated rings. The Morgan fingerprint density at radius 3 is 1.90 bits per heavy atom. The maximum Gasteiger partial charge on any atom is 0.330 e. The normalized spacial score (nSPS) is 18.6. The molecule has 0 radical (unpaired) electrons. The molecule has 1 saturated heterocycles. The molecule has 3 aromatic carbocycles. The molecule has 1 aliphatic heterocycles. The number of aryl methyl sites for hydroxylation is 1. The summed E-state index contributed by atoms with van der Waals surface area (Å²) in [4.78, 5) is 27.7. The number of nitrogens with one attached hydrogen (secondary N) is 1. The molecule has 0 spiro atoms. The molecule has 1 unspecified atom stereocenters. The first-order chi connectivity index (χ1) is 24.0. The van der Waals surface area contributed by atoms with E-state index < -0.39 is 43.8 Å². The minimum atomic E-state index is -1.50. The van der Waals surface area contributed by atoms with Gasteiger partial charge in [0.2, 0.25) is 0 Å². The first kappa shape index (κ1) is 37.4. The summed E-state index contributed by atoms with van der Waals surface area (Å²) in [5.74, 6) is 1.44. The molecule has 5 rings (SSSR count). The van der Waals surface area contributed by atoms with Gasteiger partial charge in [0, 0.05) is 37.4 Å². The molecule has 4 atom stereocenters. The van der Waals surface area contributed by atoms with Gasteiger partial charge in [-0.15, -0.1) is 0 Å². The molecule has 50 heavy (non-hydrogen) atoms. The van der Waals surface area contributed by atoms with Crippen molar-refractivity contribution >= 4 is 8.53 Å². The highest BCUT2D eigenvalue weighted by molar-refractivity contribution is 7.44. The lowest BCUT2D eigenvalue weighted by molar-refractivity contribution is -0.0924. The Balaban J connectivity index is 1.60. The van der Waals surface area contributed by atoms with Gasteiger partial charge in [-0.3, -0.25) is 14.3 Å². The topological polar surface area (TPSA) is 113 Å². The second-order valence-electron chi connectivity index (χ2n) is 12.8.